The summed E-state index contributed by atoms with van der Waals surface area (Å²) >= 11 is 1.36. The average Bonchev–Trinajstić information content (AvgIpc) is 3.01. The number of hydrogen-bond acceptors (Lipinski definition) is 6. The molecular weight excluding hydrogens is 362 g/mol. The van der Waals surface area contributed by atoms with Crippen molar-refractivity contribution in [3.63, 3.8) is 0 Å². The van der Waals surface area contributed by atoms with Crippen LogP contribution in [0.4, 0.5) is 5.69 Å². The minimum Gasteiger partial charge on any atom is -0.504 e. The molecule has 3 rings (SSSR count). The normalized spacial score (nSPS) is 16.1. The van der Waals surface area contributed by atoms with Crippen molar-refractivity contribution in [2.45, 2.75) is 19.8 Å². The van der Waals surface area contributed by atoms with E-state index in [1.165, 1.54) is 35.5 Å². The number of carbonyl (C=O) groups is 1. The highest BCUT2D eigenvalue weighted by Crippen LogP contribution is 2.27. The first kappa shape index (κ1) is 19.0. The fourth-order valence-electron chi connectivity index (χ4n) is 2.49. The van der Waals surface area contributed by atoms with Crippen LogP contribution in [0.25, 0.3) is 0 Å². The van der Waals surface area contributed by atoms with Crippen molar-refractivity contribution >= 4 is 34.7 Å². The van der Waals surface area contributed by atoms with E-state index < -0.39 is 0 Å². The predicted octanol–water partition coefficient (Wildman–Crippen LogP) is 4.12. The topological polar surface area (TPSA) is 74.5 Å². The molecule has 27 heavy (non-hydrogen) atoms. The van der Waals surface area contributed by atoms with Crippen molar-refractivity contribution < 1.29 is 14.6 Å². The van der Waals surface area contributed by atoms with Crippen LogP contribution >= 0.6 is 11.8 Å². The Morgan fingerprint density at radius 2 is 1.96 bits per heavy atom. The molecule has 1 N–H and O–H groups in total. The summed E-state index contributed by atoms with van der Waals surface area (Å²) in [5, 5.41) is 15.8. The minimum absolute atomic E-state index is 0.0505. The van der Waals surface area contributed by atoms with Gasteiger partial charge in [-0.25, -0.2) is 4.99 Å². The second-order valence-electron chi connectivity index (χ2n) is 6.31. The number of carbonyl (C=O) groups excluding carboxylic acids is 1. The summed E-state index contributed by atoms with van der Waals surface area (Å²) < 4.78 is 5.09. The maximum Gasteiger partial charge on any atom is 0.259 e. The van der Waals surface area contributed by atoms with Crippen LogP contribution in [0.5, 0.6) is 11.5 Å². The fraction of sp³-hybridized carbons (Fsp3) is 0.250. The molecule has 2 aromatic rings. The smallest absolute Gasteiger partial charge is 0.259 e. The summed E-state index contributed by atoms with van der Waals surface area (Å²) in [6, 6.07) is 12.8. The third-order valence-electron chi connectivity index (χ3n) is 4.05. The van der Waals surface area contributed by atoms with Crippen LogP contribution in [0.3, 0.4) is 0 Å². The second kappa shape index (κ2) is 8.26. The molecule has 0 bridgehead atoms. The number of amidine groups is 1. The Morgan fingerprint density at radius 1 is 1.22 bits per heavy atom. The van der Waals surface area contributed by atoms with E-state index in [-0.39, 0.29) is 11.7 Å². The van der Waals surface area contributed by atoms with Crippen LogP contribution in [-0.2, 0) is 4.79 Å². The molecule has 0 unspecified atom stereocenters. The van der Waals surface area contributed by atoms with E-state index in [1.807, 2.05) is 24.3 Å². The molecule has 0 aliphatic carbocycles. The van der Waals surface area contributed by atoms with E-state index in [1.54, 1.807) is 18.3 Å². The van der Waals surface area contributed by atoms with Crippen molar-refractivity contribution in [1.82, 2.24) is 5.01 Å². The van der Waals surface area contributed by atoms with Gasteiger partial charge in [0.15, 0.2) is 16.7 Å². The Balaban J connectivity index is 1.81. The quantitative estimate of drug-likeness (QED) is 0.788. The number of phenols is 1. The summed E-state index contributed by atoms with van der Waals surface area (Å²) in [7, 11) is 1.48. The van der Waals surface area contributed by atoms with Gasteiger partial charge in [-0.1, -0.05) is 37.7 Å². The highest BCUT2D eigenvalue weighted by atomic mass is 32.2. The molecule has 1 aliphatic rings. The van der Waals surface area contributed by atoms with Gasteiger partial charge in [0, 0.05) is 0 Å². The number of aliphatic imine (C=N–C) groups is 1. The van der Waals surface area contributed by atoms with Crippen LogP contribution in [0.1, 0.15) is 30.9 Å². The van der Waals surface area contributed by atoms with Gasteiger partial charge in [0.2, 0.25) is 0 Å². The number of aromatic hydroxyl groups is 1. The number of hydrogen-bond donors (Lipinski definition) is 1. The van der Waals surface area contributed by atoms with Gasteiger partial charge in [-0.3, -0.25) is 4.79 Å². The molecule has 0 aromatic heterocycles. The molecule has 6 nitrogen and oxygen atoms in total. The van der Waals surface area contributed by atoms with Crippen LogP contribution < -0.4 is 4.74 Å². The lowest BCUT2D eigenvalue weighted by atomic mass is 10.0. The highest BCUT2D eigenvalue weighted by Gasteiger charge is 2.28. The van der Waals surface area contributed by atoms with Gasteiger partial charge in [0.1, 0.15) is 0 Å². The molecule has 2 aromatic carbocycles. The standard InChI is InChI=1S/C20H21N3O3S/c1-13(2)15-5-7-16(8-6-15)22-20-23(19(25)12-27-20)21-11-14-4-9-17(24)18(10-14)26-3/h4-11,13,24H,12H2,1-3H3. The van der Waals surface area contributed by atoms with Crippen LogP contribution in [0.15, 0.2) is 52.6 Å². The van der Waals surface area contributed by atoms with E-state index in [9.17, 15) is 9.90 Å². The molecule has 140 valence electrons. The summed E-state index contributed by atoms with van der Waals surface area (Å²) in [6.07, 6.45) is 1.54. The van der Waals surface area contributed by atoms with Crippen molar-refractivity contribution in [1.29, 1.82) is 0 Å². The van der Waals surface area contributed by atoms with Gasteiger partial charge in [-0.2, -0.15) is 10.1 Å². The van der Waals surface area contributed by atoms with E-state index in [0.29, 0.717) is 28.2 Å². The van der Waals surface area contributed by atoms with E-state index in [2.05, 4.69) is 23.9 Å². The van der Waals surface area contributed by atoms with Gasteiger partial charge < -0.3 is 9.84 Å². The number of phenolic OH excluding ortho intramolecular Hbond substituents is 1. The van der Waals surface area contributed by atoms with Gasteiger partial charge in [-0.15, -0.1) is 0 Å². The molecule has 0 atom stereocenters. The van der Waals surface area contributed by atoms with Crippen LogP contribution in [0.2, 0.25) is 0 Å². The molecule has 1 heterocycles. The predicted molar refractivity (Wildman–Crippen MR) is 109 cm³/mol. The van der Waals surface area contributed by atoms with Crippen molar-refractivity contribution in [2.75, 3.05) is 12.9 Å². The first-order chi connectivity index (χ1) is 13.0. The lowest BCUT2D eigenvalue weighted by Gasteiger charge is -2.10. The lowest BCUT2D eigenvalue weighted by Crippen LogP contribution is -2.23. The first-order valence-electron chi connectivity index (χ1n) is 8.53. The summed E-state index contributed by atoms with van der Waals surface area (Å²) in [6.45, 7) is 4.28. The summed E-state index contributed by atoms with van der Waals surface area (Å²) in [5.41, 5.74) is 2.73. The molecule has 0 saturated carbocycles. The van der Waals surface area contributed by atoms with Crippen molar-refractivity contribution in [2.24, 2.45) is 10.1 Å². The maximum atomic E-state index is 12.2. The fourth-order valence-corrected chi connectivity index (χ4v) is 3.31. The number of amides is 1. The van der Waals surface area contributed by atoms with Crippen molar-refractivity contribution in [3.05, 3.63) is 53.6 Å². The lowest BCUT2D eigenvalue weighted by molar-refractivity contribution is -0.124. The van der Waals surface area contributed by atoms with E-state index in [0.717, 1.165) is 5.69 Å². The maximum absolute atomic E-state index is 12.2. The van der Waals surface area contributed by atoms with Gasteiger partial charge in [-0.05, 0) is 47.4 Å². The van der Waals surface area contributed by atoms with Crippen LogP contribution in [-0.4, -0.2) is 40.3 Å². The van der Waals surface area contributed by atoms with Crippen molar-refractivity contribution in [3.8, 4) is 11.5 Å². The zero-order valence-corrected chi connectivity index (χ0v) is 16.2. The number of hydrazone groups is 1. The number of nitrogens with zero attached hydrogens (tertiary/aromatic N) is 3. The van der Waals surface area contributed by atoms with Gasteiger partial charge >= 0.3 is 0 Å². The monoisotopic (exact) mass is 383 g/mol. The summed E-state index contributed by atoms with van der Waals surface area (Å²) in [5.74, 6) is 1.03. The second-order valence-corrected chi connectivity index (χ2v) is 7.25. The van der Waals surface area contributed by atoms with E-state index >= 15 is 0 Å². The Bertz CT molecular complexity index is 892. The molecule has 0 spiro atoms. The molecular formula is C20H21N3O3S. The van der Waals surface area contributed by atoms with E-state index in [4.69, 9.17) is 4.74 Å². The molecule has 1 amide bonds. The molecule has 1 fully saturated rings. The minimum atomic E-state index is -0.125. The third-order valence-corrected chi connectivity index (χ3v) is 4.97. The zero-order chi connectivity index (χ0) is 19.4. The first-order valence-corrected chi connectivity index (χ1v) is 9.52. The Kier molecular flexibility index (Phi) is 5.81. The average molecular weight is 383 g/mol. The highest BCUT2D eigenvalue weighted by molar-refractivity contribution is 8.15. The number of ether oxygens (including phenoxy) is 1. The van der Waals surface area contributed by atoms with Gasteiger partial charge in [0.25, 0.3) is 5.91 Å². The number of thioether (sulfide) groups is 1. The Labute approximate surface area is 162 Å². The van der Waals surface area contributed by atoms with Crippen LogP contribution in [0, 0.1) is 0 Å². The molecule has 1 aliphatic heterocycles. The third kappa shape index (κ3) is 4.49. The Morgan fingerprint density at radius 3 is 2.63 bits per heavy atom. The molecule has 1 saturated heterocycles. The van der Waals surface area contributed by atoms with Gasteiger partial charge in [0.05, 0.1) is 24.8 Å². The molecule has 0 radical (unpaired) electrons. The SMILES string of the molecule is COc1cc(C=NN2C(=O)CSC2=Nc2ccc(C(C)C)cc2)ccc1O. The number of rotatable bonds is 5. The molecule has 7 heteroatoms. The summed E-state index contributed by atoms with van der Waals surface area (Å²) in [4.78, 5) is 16.7. The Hall–Kier alpha value is -2.80. The number of benzene rings is 2. The number of methoxy groups -OCH3 is 1. The largest absolute Gasteiger partial charge is 0.504 e. The zero-order valence-electron chi connectivity index (χ0n) is 15.4.